The number of pyridine rings is 1. The molecule has 2 aromatic rings. The van der Waals surface area contributed by atoms with Crippen LogP contribution in [0.15, 0.2) is 12.3 Å². The van der Waals surface area contributed by atoms with Gasteiger partial charge in [0, 0.05) is 30.1 Å². The van der Waals surface area contributed by atoms with Crippen molar-refractivity contribution < 1.29 is 18.7 Å². The summed E-state index contributed by atoms with van der Waals surface area (Å²) in [5, 5.41) is 1.08. The minimum atomic E-state index is -0.346. The number of morpholine rings is 1. The molecule has 2 aromatic heterocycles. The Morgan fingerprint density at radius 3 is 2.94 bits per heavy atom. The van der Waals surface area contributed by atoms with E-state index in [1.807, 2.05) is 12.3 Å². The van der Waals surface area contributed by atoms with Gasteiger partial charge in [-0.1, -0.05) is 0 Å². The van der Waals surface area contributed by atoms with E-state index in [2.05, 4.69) is 9.88 Å². The van der Waals surface area contributed by atoms with Gasteiger partial charge in [0.1, 0.15) is 17.3 Å². The lowest BCUT2D eigenvalue weighted by Gasteiger charge is -2.42. The zero-order valence-corrected chi connectivity index (χ0v) is 18.5. The molecule has 1 saturated carbocycles. The molecule has 8 heteroatoms. The van der Waals surface area contributed by atoms with Gasteiger partial charge in [0.25, 0.3) is 0 Å². The molecule has 0 spiro atoms. The molecule has 2 atom stereocenters. The molecule has 5 rings (SSSR count). The normalized spacial score (nSPS) is 29.2. The minimum absolute atomic E-state index is 0.105. The van der Waals surface area contributed by atoms with Crippen molar-refractivity contribution in [2.75, 3.05) is 26.4 Å². The number of carbonyl (C=O) groups excluding carboxylic acids is 1. The van der Waals surface area contributed by atoms with E-state index < -0.39 is 0 Å². The van der Waals surface area contributed by atoms with E-state index >= 15 is 0 Å². The number of primary amides is 1. The van der Waals surface area contributed by atoms with Gasteiger partial charge in [0.2, 0.25) is 5.91 Å². The molecule has 6 nitrogen and oxygen atoms in total. The van der Waals surface area contributed by atoms with E-state index in [1.54, 1.807) is 11.3 Å². The Bertz CT molecular complexity index is 944. The average molecular weight is 448 g/mol. The van der Waals surface area contributed by atoms with Crippen LogP contribution in [0.1, 0.15) is 54.9 Å². The van der Waals surface area contributed by atoms with Crippen LogP contribution in [0.5, 0.6) is 5.75 Å². The monoisotopic (exact) mass is 447 g/mol. The topological polar surface area (TPSA) is 77.7 Å². The van der Waals surface area contributed by atoms with Crippen LogP contribution in [-0.2, 0) is 16.0 Å². The Balaban J connectivity index is 1.30. The molecule has 1 amide bonds. The zero-order chi connectivity index (χ0) is 21.4. The third-order valence-corrected chi connectivity index (χ3v) is 8.27. The largest absolute Gasteiger partial charge is 0.490 e. The Hall–Kier alpha value is -1.77. The molecule has 2 N–H and O–H groups in total. The maximum absolute atomic E-state index is 13.4. The molecule has 0 aromatic carbocycles. The molecule has 1 aliphatic heterocycles. The summed E-state index contributed by atoms with van der Waals surface area (Å²) in [6.45, 7) is 1.66. The predicted molar refractivity (Wildman–Crippen MR) is 118 cm³/mol. The number of alkyl halides is 1. The van der Waals surface area contributed by atoms with Crippen molar-refractivity contribution in [2.24, 2.45) is 5.73 Å². The van der Waals surface area contributed by atoms with Gasteiger partial charge in [-0.25, -0.2) is 9.37 Å². The molecule has 2 aliphatic carbocycles. The first-order valence-corrected chi connectivity index (χ1v) is 12.2. The Labute approximate surface area is 185 Å². The number of aromatic nitrogens is 1. The fourth-order valence-corrected chi connectivity index (χ4v) is 6.89. The SMILES string of the molecule is NC(=O)C[C@H]1CCc2sc3nccc(O[C@H]4CC[C@H](N5CCOC[C@@H]5CF)CC4)c3c21. The summed E-state index contributed by atoms with van der Waals surface area (Å²) in [5.74, 6) is 0.800. The number of halogens is 1. The quantitative estimate of drug-likeness (QED) is 0.733. The van der Waals surface area contributed by atoms with Crippen molar-refractivity contribution in [2.45, 2.75) is 69.1 Å². The summed E-state index contributed by atoms with van der Waals surface area (Å²) < 4.78 is 25.4. The van der Waals surface area contributed by atoms with Crippen molar-refractivity contribution in [3.63, 3.8) is 0 Å². The van der Waals surface area contributed by atoms with Crippen LogP contribution in [0.4, 0.5) is 4.39 Å². The van der Waals surface area contributed by atoms with Crippen LogP contribution in [0.3, 0.4) is 0 Å². The second-order valence-electron chi connectivity index (χ2n) is 9.00. The highest BCUT2D eigenvalue weighted by Gasteiger charge is 2.34. The minimum Gasteiger partial charge on any atom is -0.490 e. The number of rotatable bonds is 6. The van der Waals surface area contributed by atoms with E-state index in [4.69, 9.17) is 15.2 Å². The summed E-state index contributed by atoms with van der Waals surface area (Å²) in [6, 6.07) is 2.27. The molecule has 1 saturated heterocycles. The first-order valence-electron chi connectivity index (χ1n) is 11.4. The van der Waals surface area contributed by atoms with Crippen molar-refractivity contribution >= 4 is 27.5 Å². The van der Waals surface area contributed by atoms with Gasteiger partial charge in [0.05, 0.1) is 30.7 Å². The molecule has 0 unspecified atom stereocenters. The third kappa shape index (κ3) is 4.17. The Kier molecular flexibility index (Phi) is 6.12. The van der Waals surface area contributed by atoms with Crippen LogP contribution >= 0.6 is 11.3 Å². The smallest absolute Gasteiger partial charge is 0.218 e. The van der Waals surface area contributed by atoms with Gasteiger partial charge in [0.15, 0.2) is 0 Å². The summed E-state index contributed by atoms with van der Waals surface area (Å²) in [5.41, 5.74) is 6.74. The van der Waals surface area contributed by atoms with Crippen LogP contribution in [0, 0.1) is 0 Å². The Morgan fingerprint density at radius 1 is 1.32 bits per heavy atom. The maximum atomic E-state index is 13.4. The van der Waals surface area contributed by atoms with E-state index in [9.17, 15) is 9.18 Å². The van der Waals surface area contributed by atoms with E-state index in [0.717, 1.165) is 61.0 Å². The van der Waals surface area contributed by atoms with Gasteiger partial charge in [-0.2, -0.15) is 0 Å². The van der Waals surface area contributed by atoms with E-state index in [1.165, 1.54) is 10.4 Å². The summed E-state index contributed by atoms with van der Waals surface area (Å²) in [7, 11) is 0. The number of hydrogen-bond donors (Lipinski definition) is 1. The summed E-state index contributed by atoms with van der Waals surface area (Å²) in [4.78, 5) is 20.8. The van der Waals surface area contributed by atoms with E-state index in [0.29, 0.717) is 25.7 Å². The highest BCUT2D eigenvalue weighted by molar-refractivity contribution is 7.19. The average Bonchev–Trinajstić information content (AvgIpc) is 3.34. The Morgan fingerprint density at radius 2 is 2.16 bits per heavy atom. The molecule has 0 radical (unpaired) electrons. The molecule has 0 bridgehead atoms. The van der Waals surface area contributed by atoms with Gasteiger partial charge in [-0.15, -0.1) is 11.3 Å². The van der Waals surface area contributed by atoms with Crippen molar-refractivity contribution in [1.29, 1.82) is 0 Å². The zero-order valence-electron chi connectivity index (χ0n) is 17.7. The van der Waals surface area contributed by atoms with Crippen molar-refractivity contribution in [1.82, 2.24) is 9.88 Å². The van der Waals surface area contributed by atoms with Crippen LogP contribution < -0.4 is 10.5 Å². The van der Waals surface area contributed by atoms with Gasteiger partial charge >= 0.3 is 0 Å². The van der Waals surface area contributed by atoms with E-state index in [-0.39, 0.29) is 30.6 Å². The second kappa shape index (κ2) is 9.00. The fraction of sp³-hybridized carbons (Fsp3) is 0.652. The number of carbonyl (C=O) groups is 1. The van der Waals surface area contributed by atoms with Crippen LogP contribution in [0.25, 0.3) is 10.2 Å². The van der Waals surface area contributed by atoms with Gasteiger partial charge in [-0.05, 0) is 56.1 Å². The number of thiophene rings is 1. The predicted octanol–water partition coefficient (Wildman–Crippen LogP) is 3.56. The van der Waals surface area contributed by atoms with Crippen molar-refractivity contribution in [3.05, 3.63) is 22.7 Å². The summed E-state index contributed by atoms with van der Waals surface area (Å²) >= 11 is 1.72. The molecule has 3 heterocycles. The van der Waals surface area contributed by atoms with Crippen molar-refractivity contribution in [3.8, 4) is 5.75 Å². The molecule has 168 valence electrons. The van der Waals surface area contributed by atoms with Gasteiger partial charge < -0.3 is 15.2 Å². The number of amides is 1. The number of aryl methyl sites for hydroxylation is 1. The molecular formula is C23H30FN3O3S. The number of nitrogens with zero attached hydrogens (tertiary/aromatic N) is 2. The lowest BCUT2D eigenvalue weighted by atomic mass is 9.90. The highest BCUT2D eigenvalue weighted by atomic mass is 32.1. The first kappa shape index (κ1) is 21.1. The van der Waals surface area contributed by atoms with Crippen LogP contribution in [0.2, 0.25) is 0 Å². The maximum Gasteiger partial charge on any atom is 0.218 e. The number of fused-ring (bicyclic) bond motifs is 3. The first-order chi connectivity index (χ1) is 15.1. The lowest BCUT2D eigenvalue weighted by molar-refractivity contribution is -0.118. The third-order valence-electron chi connectivity index (χ3n) is 7.10. The number of hydrogen-bond acceptors (Lipinski definition) is 6. The fourth-order valence-electron chi connectivity index (χ4n) is 5.63. The van der Waals surface area contributed by atoms with Crippen LogP contribution in [-0.4, -0.2) is 60.4 Å². The highest BCUT2D eigenvalue weighted by Crippen LogP contribution is 2.48. The summed E-state index contributed by atoms with van der Waals surface area (Å²) in [6.07, 6.45) is 8.25. The molecular weight excluding hydrogens is 417 g/mol. The number of ether oxygens (including phenoxy) is 2. The molecule has 2 fully saturated rings. The standard InChI is InChI=1S/C23H30FN3O3S/c24-12-16-13-29-10-9-27(16)15-2-4-17(5-3-15)30-18-7-8-26-23-22(18)21-14(11-20(25)28)1-6-19(21)31-23/h7-8,14-17H,1-6,9-13H2,(H2,25,28)/t14-,15-,16+,17-/m1/s1. The second-order valence-corrected chi connectivity index (χ2v) is 10.1. The van der Waals surface area contributed by atoms with Gasteiger partial charge in [-0.3, -0.25) is 9.69 Å². The number of nitrogens with two attached hydrogens (primary N) is 1. The lowest BCUT2D eigenvalue weighted by Crippen LogP contribution is -2.53. The molecule has 3 aliphatic rings. The molecule has 31 heavy (non-hydrogen) atoms.